The zero-order valence-electron chi connectivity index (χ0n) is 19.4. The summed E-state index contributed by atoms with van der Waals surface area (Å²) >= 11 is 0. The van der Waals surface area contributed by atoms with Gasteiger partial charge in [0.15, 0.2) is 11.6 Å². The van der Waals surface area contributed by atoms with Crippen LogP contribution in [0.5, 0.6) is 0 Å². The molecule has 1 aliphatic heterocycles. The summed E-state index contributed by atoms with van der Waals surface area (Å²) in [5.74, 6) is 0.878. The average Bonchev–Trinajstić information content (AvgIpc) is 3.61. The lowest BCUT2D eigenvalue weighted by Crippen LogP contribution is -2.45. The highest BCUT2D eigenvalue weighted by Crippen LogP contribution is 2.28. The predicted molar refractivity (Wildman–Crippen MR) is 128 cm³/mol. The van der Waals surface area contributed by atoms with Crippen LogP contribution >= 0.6 is 0 Å². The molecule has 0 radical (unpaired) electrons. The maximum Gasteiger partial charge on any atom is 0.290 e. The van der Waals surface area contributed by atoms with Crippen molar-refractivity contribution in [1.82, 2.24) is 20.0 Å². The number of aromatic nitrogens is 2. The topological polar surface area (TPSA) is 82.8 Å². The molecule has 0 spiro atoms. The van der Waals surface area contributed by atoms with Crippen molar-refractivity contribution in [1.29, 1.82) is 0 Å². The lowest BCUT2D eigenvalue weighted by Gasteiger charge is -2.26. The highest BCUT2D eigenvalue weighted by molar-refractivity contribution is 5.94. The summed E-state index contributed by atoms with van der Waals surface area (Å²) in [6.45, 7) is 4.90. The summed E-state index contributed by atoms with van der Waals surface area (Å²) in [6, 6.07) is 15.7. The second kappa shape index (κ2) is 9.67. The van der Waals surface area contributed by atoms with E-state index in [1.54, 1.807) is 17.0 Å². The molecule has 8 heteroatoms. The summed E-state index contributed by atoms with van der Waals surface area (Å²) in [6.07, 6.45) is 4.19. The number of hydrogen-bond donors (Lipinski definition) is 0. The third-order valence-electron chi connectivity index (χ3n) is 6.46. The van der Waals surface area contributed by atoms with Gasteiger partial charge in [-0.25, -0.2) is 0 Å². The van der Waals surface area contributed by atoms with Crippen molar-refractivity contribution in [3.63, 3.8) is 0 Å². The van der Waals surface area contributed by atoms with Crippen LogP contribution in [0.15, 0.2) is 59.2 Å². The maximum absolute atomic E-state index is 13.1. The monoisotopic (exact) mass is 459 g/mol. The normalized spacial score (nSPS) is 16.3. The van der Waals surface area contributed by atoms with E-state index in [9.17, 15) is 9.59 Å². The summed E-state index contributed by atoms with van der Waals surface area (Å²) in [7, 11) is 0. The highest BCUT2D eigenvalue weighted by Gasteiger charge is 2.36. The van der Waals surface area contributed by atoms with E-state index >= 15 is 0 Å². The van der Waals surface area contributed by atoms with Crippen LogP contribution in [0.1, 0.15) is 35.4 Å². The van der Waals surface area contributed by atoms with Crippen LogP contribution in [0, 0.1) is 6.92 Å². The molecule has 0 unspecified atom stereocenters. The molecule has 1 aromatic carbocycles. The first-order valence-corrected chi connectivity index (χ1v) is 11.9. The number of benzene rings is 1. The number of furan rings is 1. The van der Waals surface area contributed by atoms with E-state index < -0.39 is 0 Å². The number of aryl methyl sites for hydroxylation is 1. The Morgan fingerprint density at radius 1 is 1.00 bits per heavy atom. The summed E-state index contributed by atoms with van der Waals surface area (Å²) in [4.78, 5) is 31.6. The number of nitrogens with zero attached hydrogens (tertiary/aromatic N) is 5. The molecule has 3 aromatic rings. The van der Waals surface area contributed by atoms with Gasteiger partial charge in [0, 0.05) is 37.8 Å². The molecule has 0 bridgehead atoms. The molecule has 3 heterocycles. The summed E-state index contributed by atoms with van der Waals surface area (Å²) < 4.78 is 5.27. The minimum Gasteiger partial charge on any atom is -0.459 e. The molecule has 2 fully saturated rings. The first-order valence-electron chi connectivity index (χ1n) is 11.9. The number of amides is 2. The molecule has 176 valence electrons. The second-order valence-corrected chi connectivity index (χ2v) is 9.01. The molecule has 2 aliphatic rings. The van der Waals surface area contributed by atoms with E-state index in [0.717, 1.165) is 42.9 Å². The van der Waals surface area contributed by atoms with Crippen LogP contribution in [0.4, 0.5) is 5.82 Å². The molecule has 5 rings (SSSR count). The van der Waals surface area contributed by atoms with Crippen molar-refractivity contribution in [3.8, 4) is 11.3 Å². The van der Waals surface area contributed by atoms with Gasteiger partial charge in [-0.3, -0.25) is 9.59 Å². The Labute approximate surface area is 199 Å². The molecule has 1 aliphatic carbocycles. The Morgan fingerprint density at radius 3 is 2.50 bits per heavy atom. The molecule has 2 aromatic heterocycles. The minimum atomic E-state index is -0.207. The Hall–Kier alpha value is -3.68. The van der Waals surface area contributed by atoms with Crippen molar-refractivity contribution in [2.24, 2.45) is 0 Å². The Morgan fingerprint density at radius 2 is 1.82 bits per heavy atom. The van der Waals surface area contributed by atoms with Gasteiger partial charge in [0.05, 0.1) is 12.0 Å². The predicted octanol–water partition coefficient (Wildman–Crippen LogP) is 3.39. The van der Waals surface area contributed by atoms with Crippen molar-refractivity contribution in [2.75, 3.05) is 37.6 Å². The second-order valence-electron chi connectivity index (χ2n) is 9.01. The maximum atomic E-state index is 13.1. The van der Waals surface area contributed by atoms with Gasteiger partial charge in [-0.1, -0.05) is 29.8 Å². The quantitative estimate of drug-likeness (QED) is 0.562. The Balaban J connectivity index is 1.20. The van der Waals surface area contributed by atoms with Gasteiger partial charge in [-0.05, 0) is 50.5 Å². The smallest absolute Gasteiger partial charge is 0.290 e. The van der Waals surface area contributed by atoms with Crippen molar-refractivity contribution < 1.29 is 14.0 Å². The number of carbonyl (C=O) groups excluding carboxylic acids is 2. The molecule has 34 heavy (non-hydrogen) atoms. The van der Waals surface area contributed by atoms with E-state index in [1.807, 2.05) is 17.0 Å². The number of carbonyl (C=O) groups is 2. The first-order chi connectivity index (χ1) is 16.6. The van der Waals surface area contributed by atoms with Gasteiger partial charge in [-0.2, -0.15) is 0 Å². The SMILES string of the molecule is Cc1ccc(-c2ccc(N3CCCN(C(=O)CN(C(=O)c4ccco4)C4CC4)CC3)nn2)cc1. The van der Waals surface area contributed by atoms with Gasteiger partial charge in [0.2, 0.25) is 5.91 Å². The molecule has 1 saturated carbocycles. The van der Waals surface area contributed by atoms with Crippen LogP contribution in [0.25, 0.3) is 11.3 Å². The van der Waals surface area contributed by atoms with E-state index in [2.05, 4.69) is 46.3 Å². The molecular formula is C26H29N5O3. The van der Waals surface area contributed by atoms with E-state index in [0.29, 0.717) is 19.6 Å². The number of hydrogen-bond acceptors (Lipinski definition) is 6. The zero-order valence-corrected chi connectivity index (χ0v) is 19.4. The van der Waals surface area contributed by atoms with Crippen molar-refractivity contribution >= 4 is 17.6 Å². The fourth-order valence-electron chi connectivity index (χ4n) is 4.31. The van der Waals surface area contributed by atoms with Crippen LogP contribution in [-0.2, 0) is 4.79 Å². The average molecular weight is 460 g/mol. The molecule has 0 N–H and O–H groups in total. The third kappa shape index (κ3) is 4.95. The summed E-state index contributed by atoms with van der Waals surface area (Å²) in [5, 5.41) is 8.88. The van der Waals surface area contributed by atoms with E-state index in [4.69, 9.17) is 4.42 Å². The number of rotatable bonds is 6. The van der Waals surface area contributed by atoms with Gasteiger partial charge >= 0.3 is 0 Å². The molecule has 0 atom stereocenters. The Bertz CT molecular complexity index is 1120. The zero-order chi connectivity index (χ0) is 23.5. The molecular weight excluding hydrogens is 430 g/mol. The van der Waals surface area contributed by atoms with Crippen LogP contribution in [0.2, 0.25) is 0 Å². The van der Waals surface area contributed by atoms with Crippen LogP contribution < -0.4 is 4.90 Å². The van der Waals surface area contributed by atoms with Crippen molar-refractivity contribution in [3.05, 3.63) is 66.1 Å². The number of anilines is 1. The van der Waals surface area contributed by atoms with Gasteiger partial charge in [0.25, 0.3) is 5.91 Å². The molecule has 1 saturated heterocycles. The molecule has 8 nitrogen and oxygen atoms in total. The summed E-state index contributed by atoms with van der Waals surface area (Å²) in [5.41, 5.74) is 3.10. The van der Waals surface area contributed by atoms with E-state index in [1.165, 1.54) is 11.8 Å². The van der Waals surface area contributed by atoms with Crippen molar-refractivity contribution in [2.45, 2.75) is 32.2 Å². The van der Waals surface area contributed by atoms with Gasteiger partial charge in [-0.15, -0.1) is 10.2 Å². The minimum absolute atomic E-state index is 0.0190. The van der Waals surface area contributed by atoms with Gasteiger partial charge < -0.3 is 19.1 Å². The molecule has 2 amide bonds. The fourth-order valence-corrected chi connectivity index (χ4v) is 4.31. The largest absolute Gasteiger partial charge is 0.459 e. The lowest BCUT2D eigenvalue weighted by atomic mass is 10.1. The lowest BCUT2D eigenvalue weighted by molar-refractivity contribution is -0.131. The van der Waals surface area contributed by atoms with Crippen LogP contribution in [0.3, 0.4) is 0 Å². The van der Waals surface area contributed by atoms with E-state index in [-0.39, 0.29) is 30.2 Å². The fraction of sp³-hybridized carbons (Fsp3) is 0.385. The van der Waals surface area contributed by atoms with Crippen LogP contribution in [-0.4, -0.2) is 70.6 Å². The third-order valence-corrected chi connectivity index (χ3v) is 6.46. The Kier molecular flexibility index (Phi) is 6.29. The standard InChI is InChI=1S/C26H29N5O3/c1-19-5-7-20(8-6-19)22-11-12-24(28-27-22)29-13-3-14-30(16-15-29)25(32)18-31(21-9-10-21)26(33)23-4-2-17-34-23/h2,4-8,11-12,17,21H,3,9-10,13-16,18H2,1H3. The first kappa shape index (κ1) is 22.1. The highest BCUT2D eigenvalue weighted by atomic mass is 16.3. The van der Waals surface area contributed by atoms with Gasteiger partial charge in [0.1, 0.15) is 6.54 Å².